The van der Waals surface area contributed by atoms with Gasteiger partial charge in [0, 0.05) is 13.1 Å². The molecule has 1 aliphatic rings. The molecule has 1 fully saturated rings. The molecule has 5 nitrogen and oxygen atoms in total. The molecule has 0 saturated carbocycles. The summed E-state index contributed by atoms with van der Waals surface area (Å²) in [4.78, 5) is 13.8. The van der Waals surface area contributed by atoms with Gasteiger partial charge in [0.1, 0.15) is 0 Å². The maximum atomic E-state index is 12.4. The van der Waals surface area contributed by atoms with Gasteiger partial charge < -0.3 is 0 Å². The van der Waals surface area contributed by atoms with E-state index < -0.39 is 10.0 Å². The number of rotatable bonds is 3. The van der Waals surface area contributed by atoms with E-state index in [1.807, 2.05) is 0 Å². The van der Waals surface area contributed by atoms with Crippen molar-refractivity contribution >= 4 is 21.8 Å². The maximum Gasteiger partial charge on any atom is 0.243 e. The molecule has 1 aromatic rings. The number of benzene rings is 1. The predicted molar refractivity (Wildman–Crippen MR) is 71.4 cm³/mol. The molecule has 2 rings (SSSR count). The van der Waals surface area contributed by atoms with Gasteiger partial charge in [0.25, 0.3) is 0 Å². The summed E-state index contributed by atoms with van der Waals surface area (Å²) in [5.74, 6) is 0.391. The molecule has 0 amide bonds. The van der Waals surface area contributed by atoms with E-state index in [9.17, 15) is 13.2 Å². The average Bonchev–Trinajstić information content (AvgIpc) is 2.40. The molecule has 1 aromatic carbocycles. The van der Waals surface area contributed by atoms with Gasteiger partial charge >= 0.3 is 0 Å². The Morgan fingerprint density at radius 2 is 2.00 bits per heavy atom. The Morgan fingerprint density at radius 3 is 2.58 bits per heavy atom. The number of nitrogens with zero attached hydrogens (tertiary/aromatic N) is 2. The first kappa shape index (κ1) is 13.9. The Labute approximate surface area is 113 Å². The average molecular weight is 280 g/mol. The highest BCUT2D eigenvalue weighted by molar-refractivity contribution is 7.89. The number of aliphatic imine (C=N–C) groups is 1. The predicted octanol–water partition coefficient (Wildman–Crippen LogP) is 2.07. The zero-order chi connectivity index (χ0) is 13.9. The van der Waals surface area contributed by atoms with Crippen LogP contribution in [0.2, 0.25) is 0 Å². The molecule has 1 atom stereocenters. The molecule has 1 aliphatic heterocycles. The lowest BCUT2D eigenvalue weighted by Gasteiger charge is -2.30. The molecule has 0 aromatic heterocycles. The van der Waals surface area contributed by atoms with Crippen molar-refractivity contribution in [3.8, 4) is 0 Å². The third kappa shape index (κ3) is 3.10. The summed E-state index contributed by atoms with van der Waals surface area (Å²) in [5.41, 5.74) is 0.404. The number of hydrogen-bond acceptors (Lipinski definition) is 4. The summed E-state index contributed by atoms with van der Waals surface area (Å²) in [5, 5.41) is 0. The normalized spacial score (nSPS) is 20.8. The standard InChI is InChI=1S/C13H16N2O3S/c1-11-3-2-8-15(9-11)19(17,18)13-6-4-12(5-7-13)14-10-16/h4-7,11H,2-3,8-9H2,1H3. The van der Waals surface area contributed by atoms with E-state index in [2.05, 4.69) is 11.9 Å². The van der Waals surface area contributed by atoms with Gasteiger partial charge in [-0.05, 0) is 43.0 Å². The molecule has 19 heavy (non-hydrogen) atoms. The summed E-state index contributed by atoms with van der Waals surface area (Å²) < 4.78 is 26.4. The first-order valence-electron chi connectivity index (χ1n) is 6.22. The molecule has 0 N–H and O–H groups in total. The molecular weight excluding hydrogens is 264 g/mol. The van der Waals surface area contributed by atoms with Crippen molar-refractivity contribution in [2.45, 2.75) is 24.7 Å². The van der Waals surface area contributed by atoms with Crippen molar-refractivity contribution in [2.24, 2.45) is 10.9 Å². The number of carbonyl (C=O) groups excluding carboxylic acids is 1. The summed E-state index contributed by atoms with van der Waals surface area (Å²) in [6.07, 6.45) is 3.39. The minimum Gasteiger partial charge on any atom is -0.211 e. The molecule has 1 unspecified atom stereocenters. The SMILES string of the molecule is CC1CCCN(S(=O)(=O)c2ccc(N=C=O)cc2)C1. The summed E-state index contributed by atoms with van der Waals surface area (Å²) in [6, 6.07) is 5.96. The number of isocyanates is 1. The maximum absolute atomic E-state index is 12.4. The second-order valence-electron chi connectivity index (χ2n) is 4.81. The van der Waals surface area contributed by atoms with Crippen molar-refractivity contribution in [3.05, 3.63) is 24.3 Å². The van der Waals surface area contributed by atoms with E-state index in [0.717, 1.165) is 12.8 Å². The van der Waals surface area contributed by atoms with Crippen LogP contribution in [0.3, 0.4) is 0 Å². The van der Waals surface area contributed by atoms with Crippen LogP contribution < -0.4 is 0 Å². The van der Waals surface area contributed by atoms with Gasteiger partial charge in [-0.15, -0.1) is 0 Å². The Balaban J connectivity index is 2.25. The molecule has 0 radical (unpaired) electrons. The number of sulfonamides is 1. The zero-order valence-electron chi connectivity index (χ0n) is 10.7. The molecular formula is C13H16N2O3S. The minimum atomic E-state index is -3.43. The van der Waals surface area contributed by atoms with E-state index in [1.54, 1.807) is 0 Å². The fraction of sp³-hybridized carbons (Fsp3) is 0.462. The summed E-state index contributed by atoms with van der Waals surface area (Å²) in [7, 11) is -3.43. The van der Waals surface area contributed by atoms with E-state index in [-0.39, 0.29) is 4.90 Å². The Bertz CT molecular complexity index is 589. The van der Waals surface area contributed by atoms with Crippen LogP contribution in [-0.2, 0) is 14.8 Å². The summed E-state index contributed by atoms with van der Waals surface area (Å²) in [6.45, 7) is 3.20. The molecule has 102 valence electrons. The van der Waals surface area contributed by atoms with Crippen molar-refractivity contribution in [1.29, 1.82) is 0 Å². The zero-order valence-corrected chi connectivity index (χ0v) is 11.6. The smallest absolute Gasteiger partial charge is 0.211 e. The second kappa shape index (κ2) is 5.65. The fourth-order valence-electron chi connectivity index (χ4n) is 2.26. The van der Waals surface area contributed by atoms with Crippen molar-refractivity contribution < 1.29 is 13.2 Å². The highest BCUT2D eigenvalue weighted by atomic mass is 32.2. The van der Waals surface area contributed by atoms with Crippen molar-refractivity contribution in [3.63, 3.8) is 0 Å². The highest BCUT2D eigenvalue weighted by Gasteiger charge is 2.28. The monoisotopic (exact) mass is 280 g/mol. The molecule has 0 spiro atoms. The van der Waals surface area contributed by atoms with Gasteiger partial charge in [-0.2, -0.15) is 9.30 Å². The first-order valence-corrected chi connectivity index (χ1v) is 7.66. The van der Waals surface area contributed by atoms with E-state index in [4.69, 9.17) is 0 Å². The lowest BCUT2D eigenvalue weighted by atomic mass is 10.0. The van der Waals surface area contributed by atoms with Crippen LogP contribution in [0.4, 0.5) is 5.69 Å². The highest BCUT2D eigenvalue weighted by Crippen LogP contribution is 2.24. The van der Waals surface area contributed by atoms with Gasteiger partial charge in [-0.3, -0.25) is 0 Å². The van der Waals surface area contributed by atoms with E-state index in [1.165, 1.54) is 34.7 Å². The number of hydrogen-bond donors (Lipinski definition) is 0. The number of piperidine rings is 1. The Hall–Kier alpha value is -1.49. The van der Waals surface area contributed by atoms with Gasteiger partial charge in [0.2, 0.25) is 16.1 Å². The quantitative estimate of drug-likeness (QED) is 0.629. The third-order valence-corrected chi connectivity index (χ3v) is 5.15. The van der Waals surface area contributed by atoms with Gasteiger partial charge in [-0.1, -0.05) is 6.92 Å². The molecule has 1 saturated heterocycles. The van der Waals surface area contributed by atoms with Crippen molar-refractivity contribution in [2.75, 3.05) is 13.1 Å². The fourth-order valence-corrected chi connectivity index (χ4v) is 3.86. The van der Waals surface area contributed by atoms with Crippen LogP contribution in [0, 0.1) is 5.92 Å². The van der Waals surface area contributed by atoms with Crippen LogP contribution in [0.25, 0.3) is 0 Å². The van der Waals surface area contributed by atoms with Gasteiger partial charge in [0.15, 0.2) is 0 Å². The van der Waals surface area contributed by atoms with Crippen LogP contribution in [0.1, 0.15) is 19.8 Å². The lowest BCUT2D eigenvalue weighted by molar-refractivity contribution is 0.281. The third-order valence-electron chi connectivity index (χ3n) is 3.27. The molecule has 0 aliphatic carbocycles. The van der Waals surface area contributed by atoms with Crippen LogP contribution in [0.5, 0.6) is 0 Å². The van der Waals surface area contributed by atoms with Crippen molar-refractivity contribution in [1.82, 2.24) is 4.31 Å². The summed E-state index contributed by atoms with van der Waals surface area (Å²) >= 11 is 0. The second-order valence-corrected chi connectivity index (χ2v) is 6.75. The minimum absolute atomic E-state index is 0.242. The molecule has 6 heteroatoms. The van der Waals surface area contributed by atoms with Gasteiger partial charge in [0.05, 0.1) is 10.6 Å². The lowest BCUT2D eigenvalue weighted by Crippen LogP contribution is -2.39. The first-order chi connectivity index (χ1) is 9.04. The Kier molecular flexibility index (Phi) is 4.14. The Morgan fingerprint density at radius 1 is 1.32 bits per heavy atom. The topological polar surface area (TPSA) is 66.8 Å². The van der Waals surface area contributed by atoms with E-state index in [0.29, 0.717) is 24.7 Å². The van der Waals surface area contributed by atoms with Crippen LogP contribution in [-0.4, -0.2) is 31.9 Å². The van der Waals surface area contributed by atoms with Gasteiger partial charge in [-0.25, -0.2) is 13.2 Å². The van der Waals surface area contributed by atoms with E-state index >= 15 is 0 Å². The largest absolute Gasteiger partial charge is 0.243 e. The molecule has 1 heterocycles. The van der Waals surface area contributed by atoms with Crippen LogP contribution in [0.15, 0.2) is 34.2 Å². The molecule has 0 bridgehead atoms. The van der Waals surface area contributed by atoms with Crippen LogP contribution >= 0.6 is 0 Å².